The van der Waals surface area contributed by atoms with E-state index in [1.165, 1.54) is 29.8 Å². The van der Waals surface area contributed by atoms with Crippen LogP contribution in [-0.2, 0) is 6.42 Å². The highest BCUT2D eigenvalue weighted by Gasteiger charge is 2.37. The summed E-state index contributed by atoms with van der Waals surface area (Å²) in [5.74, 6) is -0.542. The molecular formula is C31H33N3O6. The summed E-state index contributed by atoms with van der Waals surface area (Å²) in [5.41, 5.74) is 4.59. The van der Waals surface area contributed by atoms with Crippen molar-refractivity contribution in [1.82, 2.24) is 4.57 Å². The van der Waals surface area contributed by atoms with Gasteiger partial charge in [0.05, 0.1) is 29.0 Å². The molecule has 9 heteroatoms. The summed E-state index contributed by atoms with van der Waals surface area (Å²) in [4.78, 5) is 39.5. The molecule has 2 aromatic carbocycles. The number of carboxylic acid groups (broad SMARTS) is 1. The maximum atomic E-state index is 13.3. The molecule has 2 aliphatic carbocycles. The molecule has 1 atom stereocenters. The number of carbonyl (C=O) groups is 1. The predicted molar refractivity (Wildman–Crippen MR) is 153 cm³/mol. The molecule has 1 aromatic heterocycles. The van der Waals surface area contributed by atoms with Crippen molar-refractivity contribution in [3.05, 3.63) is 84.7 Å². The largest absolute Gasteiger partial charge is 0.497 e. The number of rotatable bonds is 7. The molecule has 1 saturated carbocycles. The van der Waals surface area contributed by atoms with Crippen molar-refractivity contribution in [2.45, 2.75) is 70.4 Å². The number of pyridine rings is 1. The van der Waals surface area contributed by atoms with Gasteiger partial charge in [0.1, 0.15) is 17.0 Å². The highest BCUT2D eigenvalue weighted by molar-refractivity contribution is 5.97. The third-order valence-electron chi connectivity index (χ3n) is 8.81. The summed E-state index contributed by atoms with van der Waals surface area (Å²) >= 11 is 0. The maximum absolute atomic E-state index is 13.3. The molecule has 0 amide bonds. The first-order valence-electron chi connectivity index (χ1n) is 14.0. The number of aromatic carboxylic acids is 1. The zero-order valence-electron chi connectivity index (χ0n) is 22.8. The monoisotopic (exact) mass is 543 g/mol. The van der Waals surface area contributed by atoms with E-state index >= 15 is 0 Å². The second-order valence-corrected chi connectivity index (χ2v) is 11.2. The lowest BCUT2D eigenvalue weighted by molar-refractivity contribution is -0.384. The van der Waals surface area contributed by atoms with Crippen LogP contribution in [-0.4, -0.2) is 40.3 Å². The van der Waals surface area contributed by atoms with Gasteiger partial charge in [-0.3, -0.25) is 14.9 Å². The molecule has 1 aliphatic heterocycles. The highest BCUT2D eigenvalue weighted by Crippen LogP contribution is 2.46. The van der Waals surface area contributed by atoms with Gasteiger partial charge in [-0.1, -0.05) is 17.7 Å². The summed E-state index contributed by atoms with van der Waals surface area (Å²) < 4.78 is 7.21. The number of hydrogen-bond donors (Lipinski definition) is 1. The van der Waals surface area contributed by atoms with Crippen molar-refractivity contribution in [1.29, 1.82) is 0 Å². The highest BCUT2D eigenvalue weighted by atomic mass is 16.6. The average molecular weight is 544 g/mol. The van der Waals surface area contributed by atoms with Crippen LogP contribution in [0.25, 0.3) is 10.9 Å². The zero-order valence-corrected chi connectivity index (χ0v) is 22.8. The second kappa shape index (κ2) is 10.1. The Morgan fingerprint density at radius 2 is 1.88 bits per heavy atom. The first-order chi connectivity index (χ1) is 19.3. The Hall–Kier alpha value is -4.14. The molecule has 6 rings (SSSR count). The van der Waals surface area contributed by atoms with Gasteiger partial charge in [0.25, 0.3) is 5.69 Å². The number of methoxy groups -OCH3 is 1. The first-order valence-corrected chi connectivity index (χ1v) is 14.0. The smallest absolute Gasteiger partial charge is 0.341 e. The van der Waals surface area contributed by atoms with Crippen LogP contribution >= 0.6 is 0 Å². The van der Waals surface area contributed by atoms with Crippen molar-refractivity contribution >= 4 is 28.2 Å². The normalized spacial score (nSPS) is 19.1. The van der Waals surface area contributed by atoms with E-state index in [-0.39, 0.29) is 28.7 Å². The van der Waals surface area contributed by atoms with E-state index in [9.17, 15) is 24.8 Å². The van der Waals surface area contributed by atoms with Gasteiger partial charge >= 0.3 is 5.97 Å². The molecule has 2 heterocycles. The number of nitrogens with zero attached hydrogens (tertiary/aromatic N) is 3. The van der Waals surface area contributed by atoms with Crippen LogP contribution < -0.4 is 15.1 Å². The van der Waals surface area contributed by atoms with Gasteiger partial charge in [-0.15, -0.1) is 0 Å². The summed E-state index contributed by atoms with van der Waals surface area (Å²) in [6, 6.07) is 9.34. The van der Waals surface area contributed by atoms with Crippen LogP contribution in [0.4, 0.5) is 11.4 Å². The Morgan fingerprint density at radius 1 is 1.15 bits per heavy atom. The second-order valence-electron chi connectivity index (χ2n) is 11.2. The molecule has 40 heavy (non-hydrogen) atoms. The van der Waals surface area contributed by atoms with E-state index in [0.29, 0.717) is 29.7 Å². The lowest BCUT2D eigenvalue weighted by Crippen LogP contribution is -2.44. The van der Waals surface area contributed by atoms with Crippen molar-refractivity contribution in [3.63, 3.8) is 0 Å². The number of nitro benzene ring substituents is 1. The van der Waals surface area contributed by atoms with Gasteiger partial charge < -0.3 is 19.3 Å². The Bertz CT molecular complexity index is 1620. The number of fused-ring (bicyclic) bond motifs is 1. The summed E-state index contributed by atoms with van der Waals surface area (Å²) in [6.45, 7) is 2.49. The molecule has 9 nitrogen and oxygen atoms in total. The minimum absolute atomic E-state index is 0.0494. The van der Waals surface area contributed by atoms with Gasteiger partial charge in [0.15, 0.2) is 0 Å². The van der Waals surface area contributed by atoms with Gasteiger partial charge in [-0.25, -0.2) is 4.79 Å². The Labute approximate surface area is 231 Å². The number of carboxylic acids is 1. The molecule has 1 fully saturated rings. The topological polar surface area (TPSA) is 115 Å². The molecule has 0 saturated heterocycles. The molecule has 3 aromatic rings. The van der Waals surface area contributed by atoms with Crippen molar-refractivity contribution in [3.8, 4) is 5.75 Å². The van der Waals surface area contributed by atoms with Crippen LogP contribution in [0.15, 0.2) is 52.5 Å². The summed E-state index contributed by atoms with van der Waals surface area (Å²) in [7, 11) is 1.64. The fourth-order valence-electron chi connectivity index (χ4n) is 6.75. The Morgan fingerprint density at radius 3 is 2.52 bits per heavy atom. The lowest BCUT2D eigenvalue weighted by Gasteiger charge is -2.43. The van der Waals surface area contributed by atoms with E-state index in [1.54, 1.807) is 7.11 Å². The van der Waals surface area contributed by atoms with E-state index in [0.717, 1.165) is 49.8 Å². The minimum atomic E-state index is -1.32. The van der Waals surface area contributed by atoms with E-state index in [4.69, 9.17) is 4.74 Å². The minimum Gasteiger partial charge on any atom is -0.497 e. The molecular weight excluding hydrogens is 510 g/mol. The number of anilines is 1. The van der Waals surface area contributed by atoms with Gasteiger partial charge in [-0.05, 0) is 81.6 Å². The quantitative estimate of drug-likeness (QED) is 0.222. The zero-order chi connectivity index (χ0) is 28.1. The van der Waals surface area contributed by atoms with Gasteiger partial charge in [0, 0.05) is 30.4 Å². The molecule has 1 unspecified atom stereocenters. The SMILES string of the molecule is COc1ccc(CC2C3=C(CCCC3)CCN2c2c([N+](=O)[O-])cc3c(=O)c(C(=O)O)cn(C4CC4)c3c2C)cc1. The van der Waals surface area contributed by atoms with Crippen LogP contribution in [0.2, 0.25) is 0 Å². The summed E-state index contributed by atoms with van der Waals surface area (Å²) in [6.07, 6.45) is 9.06. The predicted octanol–water partition coefficient (Wildman–Crippen LogP) is 5.95. The molecule has 0 bridgehead atoms. The van der Waals surface area contributed by atoms with Gasteiger partial charge in [0.2, 0.25) is 5.43 Å². The fraction of sp³-hybridized carbons (Fsp3) is 0.419. The molecule has 0 radical (unpaired) electrons. The summed E-state index contributed by atoms with van der Waals surface area (Å²) in [5, 5.41) is 22.4. The number of aryl methyl sites for hydroxylation is 1. The molecule has 3 aliphatic rings. The number of nitro groups is 1. The van der Waals surface area contributed by atoms with Crippen molar-refractivity contribution in [2.24, 2.45) is 0 Å². The number of aromatic nitrogens is 1. The third-order valence-corrected chi connectivity index (χ3v) is 8.81. The fourth-order valence-corrected chi connectivity index (χ4v) is 6.75. The number of hydrogen-bond acceptors (Lipinski definition) is 6. The number of ether oxygens (including phenoxy) is 1. The molecule has 0 spiro atoms. The van der Waals surface area contributed by atoms with Gasteiger partial charge in [-0.2, -0.15) is 0 Å². The number of benzene rings is 2. The van der Waals surface area contributed by atoms with Crippen LogP contribution in [0, 0.1) is 17.0 Å². The lowest BCUT2D eigenvalue weighted by atomic mass is 9.80. The van der Waals surface area contributed by atoms with Crippen LogP contribution in [0.1, 0.15) is 72.5 Å². The van der Waals surface area contributed by atoms with Crippen molar-refractivity contribution < 1.29 is 19.6 Å². The van der Waals surface area contributed by atoms with E-state index in [1.807, 2.05) is 23.6 Å². The standard InChI is InChI=1S/C31H33N3O6/c1-18-28-24(30(35)25(31(36)37)17-33(28)21-9-10-21)16-27(34(38)39)29(18)32-14-13-20-5-3-4-6-23(20)26(32)15-19-7-11-22(40-2)12-8-19/h7-8,11-12,16-17,21,26H,3-6,9-10,13-15H2,1-2H3,(H,36,37). The van der Waals surface area contributed by atoms with Crippen LogP contribution in [0.3, 0.4) is 0 Å². The molecule has 208 valence electrons. The average Bonchev–Trinajstić information content (AvgIpc) is 3.79. The van der Waals surface area contributed by atoms with Crippen molar-refractivity contribution in [2.75, 3.05) is 18.6 Å². The Kier molecular flexibility index (Phi) is 6.60. The molecule has 1 N–H and O–H groups in total. The van der Waals surface area contributed by atoms with E-state index in [2.05, 4.69) is 17.0 Å². The van der Waals surface area contributed by atoms with E-state index < -0.39 is 16.3 Å². The Balaban J connectivity index is 1.57. The first kappa shape index (κ1) is 26.1. The van der Waals surface area contributed by atoms with Crippen LogP contribution in [0.5, 0.6) is 5.75 Å². The third kappa shape index (κ3) is 4.43. The maximum Gasteiger partial charge on any atom is 0.341 e.